The Morgan fingerprint density at radius 3 is 3.08 bits per heavy atom. The lowest BCUT2D eigenvalue weighted by Crippen LogP contribution is -2.13. The van der Waals surface area contributed by atoms with Crippen molar-refractivity contribution in [2.75, 3.05) is 19.6 Å². The molecule has 0 atom stereocenters. The van der Waals surface area contributed by atoms with Crippen molar-refractivity contribution in [3.05, 3.63) is 17.7 Å². The van der Waals surface area contributed by atoms with Crippen LogP contribution >= 0.6 is 0 Å². The Hall–Kier alpha value is -1.42. The third kappa shape index (κ3) is 1.40. The van der Waals surface area contributed by atoms with Crippen molar-refractivity contribution in [3.63, 3.8) is 0 Å². The number of fused-ring (bicyclic) bond motifs is 1. The summed E-state index contributed by atoms with van der Waals surface area (Å²) >= 11 is 0. The molecular formula is C9H11NO3. The minimum Gasteiger partial charge on any atom is -0.497 e. The predicted molar refractivity (Wildman–Crippen MR) is 47.7 cm³/mol. The van der Waals surface area contributed by atoms with Crippen LogP contribution in [0.3, 0.4) is 0 Å². The average molecular weight is 181 g/mol. The quantitative estimate of drug-likeness (QED) is 0.660. The van der Waals surface area contributed by atoms with E-state index in [2.05, 4.69) is 0 Å². The van der Waals surface area contributed by atoms with E-state index in [-0.39, 0.29) is 6.79 Å². The van der Waals surface area contributed by atoms with Gasteiger partial charge in [-0.3, -0.25) is 0 Å². The summed E-state index contributed by atoms with van der Waals surface area (Å²) in [6, 6.07) is 3.61. The first-order valence-corrected chi connectivity index (χ1v) is 3.98. The molecule has 4 nitrogen and oxygen atoms in total. The molecule has 0 aromatic heterocycles. The summed E-state index contributed by atoms with van der Waals surface area (Å²) < 4.78 is 15.4. The molecule has 0 saturated heterocycles. The fraction of sp³-hybridized carbons (Fsp3) is 0.333. The molecule has 13 heavy (non-hydrogen) atoms. The van der Waals surface area contributed by atoms with Crippen LogP contribution in [0.15, 0.2) is 12.1 Å². The number of ether oxygens (including phenoxy) is 3. The minimum absolute atomic E-state index is 0.267. The summed E-state index contributed by atoms with van der Waals surface area (Å²) in [4.78, 5) is 0. The molecule has 2 rings (SSSR count). The first-order valence-electron chi connectivity index (χ1n) is 3.98. The van der Waals surface area contributed by atoms with Crippen molar-refractivity contribution in [2.24, 2.45) is 0 Å². The monoisotopic (exact) mass is 181 g/mol. The highest BCUT2D eigenvalue weighted by atomic mass is 16.7. The summed E-state index contributed by atoms with van der Waals surface area (Å²) in [5, 5.41) is 0. The van der Waals surface area contributed by atoms with Crippen LogP contribution in [-0.4, -0.2) is 13.9 Å². The SMILES string of the molecule is COc1cc(N)c2c(c1)COCO2. The average Bonchev–Trinajstić information content (AvgIpc) is 2.18. The van der Waals surface area contributed by atoms with Gasteiger partial charge in [0.2, 0.25) is 0 Å². The Kier molecular flexibility index (Phi) is 1.98. The Balaban J connectivity index is 2.47. The van der Waals surface area contributed by atoms with Gasteiger partial charge in [-0.1, -0.05) is 0 Å². The number of benzene rings is 1. The van der Waals surface area contributed by atoms with E-state index in [1.807, 2.05) is 6.07 Å². The molecule has 1 aromatic rings. The molecular weight excluding hydrogens is 170 g/mol. The van der Waals surface area contributed by atoms with Crippen molar-refractivity contribution >= 4 is 5.69 Å². The molecule has 0 radical (unpaired) electrons. The van der Waals surface area contributed by atoms with Crippen molar-refractivity contribution in [1.82, 2.24) is 0 Å². The van der Waals surface area contributed by atoms with Crippen molar-refractivity contribution < 1.29 is 14.2 Å². The van der Waals surface area contributed by atoms with Crippen LogP contribution in [0, 0.1) is 0 Å². The zero-order valence-corrected chi connectivity index (χ0v) is 7.37. The number of nitrogens with two attached hydrogens (primary N) is 1. The maximum absolute atomic E-state index is 5.76. The summed E-state index contributed by atoms with van der Waals surface area (Å²) in [5.41, 5.74) is 7.29. The van der Waals surface area contributed by atoms with Gasteiger partial charge in [0.05, 0.1) is 19.4 Å². The molecule has 0 fully saturated rings. The highest BCUT2D eigenvalue weighted by Gasteiger charge is 2.14. The third-order valence-electron chi connectivity index (χ3n) is 1.95. The van der Waals surface area contributed by atoms with E-state index in [0.717, 1.165) is 11.3 Å². The molecule has 1 aliphatic rings. The second-order valence-electron chi connectivity index (χ2n) is 2.82. The first-order chi connectivity index (χ1) is 6.31. The molecule has 1 heterocycles. The molecule has 1 aromatic carbocycles. The van der Waals surface area contributed by atoms with Gasteiger partial charge in [0.15, 0.2) is 12.5 Å². The van der Waals surface area contributed by atoms with Crippen LogP contribution in [0.25, 0.3) is 0 Å². The molecule has 2 N–H and O–H groups in total. The fourth-order valence-electron chi connectivity index (χ4n) is 1.34. The molecule has 0 unspecified atom stereocenters. The molecule has 1 aliphatic heterocycles. The molecule has 0 saturated carbocycles. The highest BCUT2D eigenvalue weighted by molar-refractivity contribution is 5.60. The lowest BCUT2D eigenvalue weighted by molar-refractivity contribution is -0.0159. The van der Waals surface area contributed by atoms with Gasteiger partial charge in [-0.15, -0.1) is 0 Å². The second-order valence-corrected chi connectivity index (χ2v) is 2.82. The van der Waals surface area contributed by atoms with Gasteiger partial charge in [-0.05, 0) is 6.07 Å². The molecule has 0 aliphatic carbocycles. The largest absolute Gasteiger partial charge is 0.497 e. The van der Waals surface area contributed by atoms with Crippen molar-refractivity contribution in [1.29, 1.82) is 0 Å². The number of hydrogen-bond acceptors (Lipinski definition) is 4. The lowest BCUT2D eigenvalue weighted by atomic mass is 10.1. The van der Waals surface area contributed by atoms with E-state index in [1.54, 1.807) is 13.2 Å². The number of hydrogen-bond donors (Lipinski definition) is 1. The predicted octanol–water partition coefficient (Wildman–Crippen LogP) is 1.14. The van der Waals surface area contributed by atoms with Gasteiger partial charge in [0.1, 0.15) is 5.75 Å². The lowest BCUT2D eigenvalue weighted by Gasteiger charge is -2.19. The normalized spacial score (nSPS) is 14.5. The van der Waals surface area contributed by atoms with Gasteiger partial charge >= 0.3 is 0 Å². The van der Waals surface area contributed by atoms with E-state index in [0.29, 0.717) is 18.0 Å². The molecule has 0 amide bonds. The zero-order chi connectivity index (χ0) is 9.26. The maximum Gasteiger partial charge on any atom is 0.189 e. The van der Waals surface area contributed by atoms with Crippen LogP contribution in [0.5, 0.6) is 11.5 Å². The number of methoxy groups -OCH3 is 1. The Bertz CT molecular complexity index is 325. The first kappa shape index (κ1) is 8.19. The molecule has 0 bridgehead atoms. The smallest absolute Gasteiger partial charge is 0.189 e. The standard InChI is InChI=1S/C9H11NO3/c1-11-7-2-6-4-12-5-13-9(6)8(10)3-7/h2-3H,4-5,10H2,1H3. The topological polar surface area (TPSA) is 53.7 Å². The molecule has 70 valence electrons. The molecule has 0 spiro atoms. The van der Waals surface area contributed by atoms with Crippen molar-refractivity contribution in [3.8, 4) is 11.5 Å². The highest BCUT2D eigenvalue weighted by Crippen LogP contribution is 2.34. The van der Waals surface area contributed by atoms with Gasteiger partial charge in [-0.25, -0.2) is 0 Å². The van der Waals surface area contributed by atoms with Crippen molar-refractivity contribution in [2.45, 2.75) is 6.61 Å². The Labute approximate surface area is 76.2 Å². The minimum atomic E-state index is 0.267. The van der Waals surface area contributed by atoms with E-state index >= 15 is 0 Å². The Morgan fingerprint density at radius 1 is 1.46 bits per heavy atom. The Morgan fingerprint density at radius 2 is 2.31 bits per heavy atom. The zero-order valence-electron chi connectivity index (χ0n) is 7.37. The summed E-state index contributed by atoms with van der Waals surface area (Å²) in [5.74, 6) is 1.44. The van der Waals surface area contributed by atoms with Crippen LogP contribution in [0.4, 0.5) is 5.69 Å². The third-order valence-corrected chi connectivity index (χ3v) is 1.95. The van der Waals surface area contributed by atoms with Gasteiger partial charge in [0.25, 0.3) is 0 Å². The van der Waals surface area contributed by atoms with E-state index in [4.69, 9.17) is 19.9 Å². The maximum atomic E-state index is 5.76. The van der Waals surface area contributed by atoms with E-state index in [1.165, 1.54) is 0 Å². The summed E-state index contributed by atoms with van der Waals surface area (Å²) in [6.45, 7) is 0.792. The van der Waals surface area contributed by atoms with Gasteiger partial charge in [-0.2, -0.15) is 0 Å². The van der Waals surface area contributed by atoms with Gasteiger partial charge in [0, 0.05) is 11.6 Å². The van der Waals surface area contributed by atoms with Crippen LogP contribution in [-0.2, 0) is 11.3 Å². The van der Waals surface area contributed by atoms with Crippen LogP contribution in [0.2, 0.25) is 0 Å². The fourth-order valence-corrected chi connectivity index (χ4v) is 1.34. The van der Waals surface area contributed by atoms with E-state index in [9.17, 15) is 0 Å². The number of nitrogen functional groups attached to an aromatic ring is 1. The summed E-state index contributed by atoms with van der Waals surface area (Å²) in [6.07, 6.45) is 0. The number of rotatable bonds is 1. The second kappa shape index (κ2) is 3.14. The van der Waals surface area contributed by atoms with E-state index < -0.39 is 0 Å². The van der Waals surface area contributed by atoms with Gasteiger partial charge < -0.3 is 19.9 Å². The van der Waals surface area contributed by atoms with Crippen LogP contribution < -0.4 is 15.2 Å². The molecule has 4 heteroatoms. The van der Waals surface area contributed by atoms with Crippen LogP contribution in [0.1, 0.15) is 5.56 Å². The number of anilines is 1. The summed E-state index contributed by atoms with van der Waals surface area (Å²) in [7, 11) is 1.60.